The summed E-state index contributed by atoms with van der Waals surface area (Å²) in [6, 6.07) is 4.47. The lowest BCUT2D eigenvalue weighted by atomic mass is 10.0. The van der Waals surface area contributed by atoms with Gasteiger partial charge in [-0.15, -0.1) is 0 Å². The molecule has 0 radical (unpaired) electrons. The van der Waals surface area contributed by atoms with Crippen LogP contribution in [0.2, 0.25) is 0 Å². The number of rotatable bonds is 5. The SMILES string of the molecule is COCC(=O)Nc1ccc2c(c1)OC[C@H](C)N(C(=O)c1cnccn1)C[C@@H](C)[C@@H](OC)CN(C)C2=O. The van der Waals surface area contributed by atoms with Crippen molar-refractivity contribution in [3.63, 3.8) is 0 Å². The number of hydrogen-bond donors (Lipinski definition) is 1. The number of fused-ring (bicyclic) bond motifs is 1. The highest BCUT2D eigenvalue weighted by molar-refractivity contribution is 5.98. The summed E-state index contributed by atoms with van der Waals surface area (Å²) < 4.78 is 16.7. The van der Waals surface area contributed by atoms with E-state index in [-0.39, 0.29) is 54.7 Å². The van der Waals surface area contributed by atoms with Crippen molar-refractivity contribution in [1.29, 1.82) is 0 Å². The van der Waals surface area contributed by atoms with Crippen molar-refractivity contribution in [2.24, 2.45) is 5.92 Å². The molecule has 0 fully saturated rings. The molecule has 0 unspecified atom stereocenters. The van der Waals surface area contributed by atoms with E-state index in [1.54, 1.807) is 42.2 Å². The van der Waals surface area contributed by atoms with Crippen molar-refractivity contribution in [3.8, 4) is 5.75 Å². The third-order valence-corrected chi connectivity index (χ3v) is 6.05. The summed E-state index contributed by atoms with van der Waals surface area (Å²) in [5, 5.41) is 2.72. The van der Waals surface area contributed by atoms with Crippen LogP contribution < -0.4 is 10.1 Å². The predicted octanol–water partition coefficient (Wildman–Crippen LogP) is 1.71. The van der Waals surface area contributed by atoms with Crippen molar-refractivity contribution in [3.05, 3.63) is 48.0 Å². The zero-order chi connectivity index (χ0) is 26.2. The second-order valence-electron chi connectivity index (χ2n) is 8.84. The van der Waals surface area contributed by atoms with Crippen molar-refractivity contribution >= 4 is 23.4 Å². The molecule has 3 amide bonds. The van der Waals surface area contributed by atoms with Crippen LogP contribution in [0.5, 0.6) is 5.75 Å². The number of nitrogens with zero attached hydrogens (tertiary/aromatic N) is 4. The third kappa shape index (κ3) is 6.55. The van der Waals surface area contributed by atoms with Gasteiger partial charge in [-0.25, -0.2) is 4.98 Å². The summed E-state index contributed by atoms with van der Waals surface area (Å²) in [6.45, 7) is 4.52. The first-order chi connectivity index (χ1) is 17.2. The highest BCUT2D eigenvalue weighted by atomic mass is 16.5. The van der Waals surface area contributed by atoms with Crippen LogP contribution in [0.4, 0.5) is 5.69 Å². The highest BCUT2D eigenvalue weighted by Crippen LogP contribution is 2.27. The Bertz CT molecular complexity index is 1070. The predicted molar refractivity (Wildman–Crippen MR) is 132 cm³/mol. The van der Waals surface area contributed by atoms with Crippen LogP contribution in [0.15, 0.2) is 36.8 Å². The van der Waals surface area contributed by atoms with Crippen molar-refractivity contribution in [1.82, 2.24) is 19.8 Å². The number of nitrogens with one attached hydrogen (secondary N) is 1. The van der Waals surface area contributed by atoms with Gasteiger partial charge in [0, 0.05) is 64.4 Å². The maximum Gasteiger partial charge on any atom is 0.274 e. The summed E-state index contributed by atoms with van der Waals surface area (Å²) in [5.41, 5.74) is 1.03. The standard InChI is InChI=1S/C25H33N5O6/c1-16-12-30(25(33)20-11-26-8-9-27-20)17(2)14-36-21-10-18(28-23(31)15-34-4)6-7-19(21)24(32)29(3)13-22(16)35-5/h6-11,16-17,22H,12-15H2,1-5H3,(H,28,31)/t16-,17+,22+/m1/s1. The number of hydrogen-bond acceptors (Lipinski definition) is 8. The van der Waals surface area contributed by atoms with Crippen molar-refractivity contribution in [2.75, 3.05) is 52.9 Å². The number of benzene rings is 1. The molecular weight excluding hydrogens is 466 g/mol. The van der Waals surface area contributed by atoms with E-state index in [2.05, 4.69) is 15.3 Å². The Morgan fingerprint density at radius 2 is 1.97 bits per heavy atom. The van der Waals surface area contributed by atoms with Crippen LogP contribution in [-0.2, 0) is 14.3 Å². The zero-order valence-corrected chi connectivity index (χ0v) is 21.3. The molecule has 1 aliphatic heterocycles. The van der Waals surface area contributed by atoms with Gasteiger partial charge in [0.2, 0.25) is 5.91 Å². The van der Waals surface area contributed by atoms with Crippen LogP contribution in [0.3, 0.4) is 0 Å². The molecule has 1 aromatic carbocycles. The van der Waals surface area contributed by atoms with Crippen LogP contribution in [-0.4, -0.2) is 97.2 Å². The van der Waals surface area contributed by atoms with E-state index in [1.807, 2.05) is 13.8 Å². The van der Waals surface area contributed by atoms with E-state index in [4.69, 9.17) is 14.2 Å². The Labute approximate surface area is 210 Å². The van der Waals surface area contributed by atoms with Gasteiger partial charge in [0.1, 0.15) is 24.7 Å². The van der Waals surface area contributed by atoms with Gasteiger partial charge in [-0.3, -0.25) is 19.4 Å². The molecule has 194 valence electrons. The minimum Gasteiger partial charge on any atom is -0.491 e. The maximum absolute atomic E-state index is 13.4. The molecule has 0 bridgehead atoms. The van der Waals surface area contributed by atoms with Crippen LogP contribution in [0.25, 0.3) is 0 Å². The number of anilines is 1. The average Bonchev–Trinajstić information content (AvgIpc) is 2.88. The fourth-order valence-corrected chi connectivity index (χ4v) is 4.02. The van der Waals surface area contributed by atoms with E-state index in [0.717, 1.165) is 0 Å². The van der Waals surface area contributed by atoms with Gasteiger partial charge in [-0.1, -0.05) is 6.92 Å². The van der Waals surface area contributed by atoms with E-state index >= 15 is 0 Å². The molecule has 2 aromatic rings. The molecule has 3 rings (SSSR count). The summed E-state index contributed by atoms with van der Waals surface area (Å²) in [6.07, 6.45) is 4.10. The van der Waals surface area contributed by atoms with E-state index < -0.39 is 0 Å². The Hall–Kier alpha value is -3.57. The molecular formula is C25H33N5O6. The molecule has 11 nitrogen and oxygen atoms in total. The van der Waals surface area contributed by atoms with Gasteiger partial charge in [-0.2, -0.15) is 0 Å². The quantitative estimate of drug-likeness (QED) is 0.660. The minimum atomic E-state index is -0.369. The molecule has 0 saturated heterocycles. The molecule has 36 heavy (non-hydrogen) atoms. The maximum atomic E-state index is 13.4. The first-order valence-corrected chi connectivity index (χ1v) is 11.7. The summed E-state index contributed by atoms with van der Waals surface area (Å²) in [4.78, 5) is 50.1. The smallest absolute Gasteiger partial charge is 0.274 e. The second kappa shape index (κ2) is 12.4. The van der Waals surface area contributed by atoms with Gasteiger partial charge >= 0.3 is 0 Å². The van der Waals surface area contributed by atoms with Gasteiger partial charge < -0.3 is 29.3 Å². The zero-order valence-electron chi connectivity index (χ0n) is 21.3. The molecule has 1 N–H and O–H groups in total. The van der Waals surface area contributed by atoms with Gasteiger partial charge in [0.15, 0.2) is 0 Å². The molecule has 1 aromatic heterocycles. The normalized spacial score (nSPS) is 21.0. The second-order valence-corrected chi connectivity index (χ2v) is 8.84. The number of aromatic nitrogens is 2. The number of methoxy groups -OCH3 is 2. The summed E-state index contributed by atoms with van der Waals surface area (Å²) in [7, 11) is 4.71. The Morgan fingerprint density at radius 1 is 1.19 bits per heavy atom. The highest BCUT2D eigenvalue weighted by Gasteiger charge is 2.31. The number of carbonyl (C=O) groups is 3. The number of ether oxygens (including phenoxy) is 3. The topological polar surface area (TPSA) is 123 Å². The third-order valence-electron chi connectivity index (χ3n) is 6.05. The van der Waals surface area contributed by atoms with Crippen LogP contribution >= 0.6 is 0 Å². The monoisotopic (exact) mass is 499 g/mol. The lowest BCUT2D eigenvalue weighted by Crippen LogP contribution is -2.48. The van der Waals surface area contributed by atoms with Crippen LogP contribution in [0, 0.1) is 5.92 Å². The van der Waals surface area contributed by atoms with Gasteiger partial charge in [-0.05, 0) is 19.1 Å². The van der Waals surface area contributed by atoms with E-state index in [9.17, 15) is 14.4 Å². The van der Waals surface area contributed by atoms with Crippen LogP contribution in [0.1, 0.15) is 34.7 Å². The lowest BCUT2D eigenvalue weighted by molar-refractivity contribution is -0.119. The first kappa shape index (κ1) is 27.0. The fraction of sp³-hybridized carbons (Fsp3) is 0.480. The minimum absolute atomic E-state index is 0.0920. The van der Waals surface area contributed by atoms with E-state index in [0.29, 0.717) is 30.1 Å². The molecule has 1 aliphatic rings. The molecule has 0 spiro atoms. The molecule has 11 heteroatoms. The Kier molecular flexibility index (Phi) is 9.31. The average molecular weight is 500 g/mol. The number of carbonyl (C=O) groups excluding carboxylic acids is 3. The fourth-order valence-electron chi connectivity index (χ4n) is 4.02. The number of likely N-dealkylation sites (N-methyl/N-ethyl adjacent to an activating group) is 1. The van der Waals surface area contributed by atoms with Gasteiger partial charge in [0.25, 0.3) is 11.8 Å². The summed E-state index contributed by atoms with van der Waals surface area (Å²) in [5.74, 6) is -0.646. The number of amides is 3. The molecule has 0 aliphatic carbocycles. The molecule has 2 heterocycles. The molecule has 3 atom stereocenters. The van der Waals surface area contributed by atoms with Gasteiger partial charge in [0.05, 0.1) is 23.9 Å². The lowest BCUT2D eigenvalue weighted by Gasteiger charge is -2.35. The van der Waals surface area contributed by atoms with E-state index in [1.165, 1.54) is 25.7 Å². The first-order valence-electron chi connectivity index (χ1n) is 11.7. The summed E-state index contributed by atoms with van der Waals surface area (Å²) >= 11 is 0. The Morgan fingerprint density at radius 3 is 2.64 bits per heavy atom. The van der Waals surface area contributed by atoms with Crippen molar-refractivity contribution < 1.29 is 28.6 Å². The molecule has 0 saturated carbocycles. The van der Waals surface area contributed by atoms with Crippen molar-refractivity contribution in [2.45, 2.75) is 26.0 Å². The Balaban J connectivity index is 1.97. The largest absolute Gasteiger partial charge is 0.491 e.